The molecule has 0 bridgehead atoms. The zero-order chi connectivity index (χ0) is 12.3. The molecular formula is C11H12IN3O2. The first kappa shape index (κ1) is 12.3. The third-order valence-corrected chi connectivity index (χ3v) is 3.42. The van der Waals surface area contributed by atoms with E-state index in [-0.39, 0.29) is 17.9 Å². The Morgan fingerprint density at radius 1 is 1.47 bits per heavy atom. The number of piperidine rings is 1. The van der Waals surface area contributed by atoms with E-state index < -0.39 is 0 Å². The van der Waals surface area contributed by atoms with Crippen molar-refractivity contribution in [3.63, 3.8) is 0 Å². The van der Waals surface area contributed by atoms with Crippen molar-refractivity contribution in [3.05, 3.63) is 23.9 Å². The number of nitrogens with one attached hydrogen (secondary N) is 2. The first-order chi connectivity index (χ1) is 8.19. The van der Waals surface area contributed by atoms with Crippen LogP contribution in [-0.4, -0.2) is 22.8 Å². The molecule has 0 saturated carbocycles. The smallest absolute Gasteiger partial charge is 0.249 e. The Morgan fingerprint density at radius 3 is 2.88 bits per heavy atom. The van der Waals surface area contributed by atoms with Gasteiger partial charge in [0, 0.05) is 17.0 Å². The van der Waals surface area contributed by atoms with Gasteiger partial charge in [-0.05, 0) is 18.1 Å². The van der Waals surface area contributed by atoms with Crippen molar-refractivity contribution in [2.24, 2.45) is 0 Å². The lowest BCUT2D eigenvalue weighted by Gasteiger charge is -2.22. The van der Waals surface area contributed by atoms with Gasteiger partial charge in [0.15, 0.2) is 0 Å². The molecule has 1 aliphatic heterocycles. The van der Waals surface area contributed by atoms with Crippen molar-refractivity contribution < 1.29 is 9.59 Å². The Labute approximate surface area is 113 Å². The maximum Gasteiger partial charge on any atom is 0.249 e. The standard InChI is InChI=1S/C11H12IN3O2/c12-5-7-1-3-9(13-6-7)14-8-2-4-10(16)15-11(8)17/h1,3,6,8H,2,4-5H2,(H,13,14)(H,15,16,17). The Balaban J connectivity index is 2.00. The van der Waals surface area contributed by atoms with Crippen molar-refractivity contribution >= 4 is 40.2 Å². The van der Waals surface area contributed by atoms with Crippen molar-refractivity contribution in [1.29, 1.82) is 0 Å². The van der Waals surface area contributed by atoms with Gasteiger partial charge in [0.05, 0.1) is 0 Å². The molecule has 6 heteroatoms. The highest BCUT2D eigenvalue weighted by Gasteiger charge is 2.26. The number of amides is 2. The third-order valence-electron chi connectivity index (χ3n) is 2.54. The molecule has 1 saturated heterocycles. The van der Waals surface area contributed by atoms with Crippen LogP contribution in [0.1, 0.15) is 18.4 Å². The van der Waals surface area contributed by atoms with Crippen LogP contribution >= 0.6 is 22.6 Å². The zero-order valence-electron chi connectivity index (χ0n) is 9.07. The summed E-state index contributed by atoms with van der Waals surface area (Å²) in [4.78, 5) is 26.7. The molecule has 1 aromatic rings. The van der Waals surface area contributed by atoms with Crippen LogP contribution < -0.4 is 10.6 Å². The van der Waals surface area contributed by atoms with Gasteiger partial charge in [0.1, 0.15) is 11.9 Å². The summed E-state index contributed by atoms with van der Waals surface area (Å²) in [5.41, 5.74) is 1.14. The van der Waals surface area contributed by atoms with E-state index in [1.807, 2.05) is 12.1 Å². The van der Waals surface area contributed by atoms with Crippen LogP contribution in [0, 0.1) is 0 Å². The van der Waals surface area contributed by atoms with Gasteiger partial charge < -0.3 is 5.32 Å². The minimum Gasteiger partial charge on any atom is -0.358 e. The van der Waals surface area contributed by atoms with Crippen LogP contribution in [0.2, 0.25) is 0 Å². The molecule has 0 spiro atoms. The molecule has 0 radical (unpaired) electrons. The number of nitrogens with zero attached hydrogens (tertiary/aromatic N) is 1. The molecule has 2 amide bonds. The number of anilines is 1. The van der Waals surface area contributed by atoms with E-state index in [4.69, 9.17) is 0 Å². The van der Waals surface area contributed by atoms with Gasteiger partial charge >= 0.3 is 0 Å². The van der Waals surface area contributed by atoms with Crippen molar-refractivity contribution in [2.75, 3.05) is 5.32 Å². The summed E-state index contributed by atoms with van der Waals surface area (Å²) in [6.07, 6.45) is 2.66. The minimum atomic E-state index is -0.370. The minimum absolute atomic E-state index is 0.207. The Morgan fingerprint density at radius 2 is 2.29 bits per heavy atom. The van der Waals surface area contributed by atoms with Crippen LogP contribution in [0.3, 0.4) is 0 Å². The Kier molecular flexibility index (Phi) is 3.93. The molecule has 2 rings (SSSR count). The number of carbonyl (C=O) groups excluding carboxylic acids is 2. The van der Waals surface area contributed by atoms with E-state index in [1.165, 1.54) is 0 Å². The van der Waals surface area contributed by atoms with Gasteiger partial charge in [-0.2, -0.15) is 0 Å². The lowest BCUT2D eigenvalue weighted by atomic mass is 10.1. The Bertz CT molecular complexity index is 433. The average molecular weight is 345 g/mol. The molecule has 5 nitrogen and oxygen atoms in total. The lowest BCUT2D eigenvalue weighted by molar-refractivity contribution is -0.133. The molecule has 2 N–H and O–H groups in total. The van der Waals surface area contributed by atoms with Crippen LogP contribution in [0.4, 0.5) is 5.82 Å². The van der Waals surface area contributed by atoms with E-state index in [1.54, 1.807) is 6.20 Å². The summed E-state index contributed by atoms with van der Waals surface area (Å²) in [5.74, 6) is 0.176. The molecule has 1 unspecified atom stereocenters. The lowest BCUT2D eigenvalue weighted by Crippen LogP contribution is -2.47. The zero-order valence-corrected chi connectivity index (χ0v) is 11.2. The predicted molar refractivity (Wildman–Crippen MR) is 71.8 cm³/mol. The summed E-state index contributed by atoms with van der Waals surface area (Å²) >= 11 is 2.26. The second-order valence-electron chi connectivity index (χ2n) is 3.83. The number of halogens is 1. The van der Waals surface area contributed by atoms with Gasteiger partial charge in [-0.1, -0.05) is 28.7 Å². The second-order valence-corrected chi connectivity index (χ2v) is 4.60. The topological polar surface area (TPSA) is 71.1 Å². The normalized spacial score (nSPS) is 19.9. The van der Waals surface area contributed by atoms with Gasteiger partial charge in [-0.25, -0.2) is 4.98 Å². The van der Waals surface area contributed by atoms with E-state index in [9.17, 15) is 9.59 Å². The summed E-state index contributed by atoms with van der Waals surface area (Å²) in [5, 5.41) is 5.33. The van der Waals surface area contributed by atoms with E-state index in [0.29, 0.717) is 18.7 Å². The van der Waals surface area contributed by atoms with Gasteiger partial charge in [0.2, 0.25) is 11.8 Å². The van der Waals surface area contributed by atoms with Crippen LogP contribution in [-0.2, 0) is 14.0 Å². The highest BCUT2D eigenvalue weighted by atomic mass is 127. The molecule has 0 aliphatic carbocycles. The third kappa shape index (κ3) is 3.15. The largest absolute Gasteiger partial charge is 0.358 e. The van der Waals surface area contributed by atoms with Gasteiger partial charge in [-0.3, -0.25) is 14.9 Å². The number of rotatable bonds is 3. The van der Waals surface area contributed by atoms with Crippen molar-refractivity contribution in [2.45, 2.75) is 23.3 Å². The summed E-state index contributed by atoms with van der Waals surface area (Å²) in [7, 11) is 0. The number of carbonyl (C=O) groups is 2. The molecule has 17 heavy (non-hydrogen) atoms. The highest BCUT2D eigenvalue weighted by molar-refractivity contribution is 14.1. The molecule has 1 atom stereocenters. The Hall–Kier alpha value is -1.18. The first-order valence-corrected chi connectivity index (χ1v) is 6.82. The predicted octanol–water partition coefficient (Wildman–Crippen LogP) is 1.23. The quantitative estimate of drug-likeness (QED) is 0.491. The summed E-state index contributed by atoms with van der Waals surface area (Å²) in [6, 6.07) is 3.44. The fourth-order valence-corrected chi connectivity index (χ4v) is 2.05. The van der Waals surface area contributed by atoms with E-state index >= 15 is 0 Å². The van der Waals surface area contributed by atoms with Gasteiger partial charge in [0.25, 0.3) is 0 Å². The molecule has 1 fully saturated rings. The van der Waals surface area contributed by atoms with E-state index in [0.717, 1.165) is 9.99 Å². The van der Waals surface area contributed by atoms with Gasteiger partial charge in [-0.15, -0.1) is 0 Å². The second kappa shape index (κ2) is 5.44. The van der Waals surface area contributed by atoms with Crippen molar-refractivity contribution in [1.82, 2.24) is 10.3 Å². The van der Waals surface area contributed by atoms with Crippen LogP contribution in [0.15, 0.2) is 18.3 Å². The SMILES string of the molecule is O=C1CCC(Nc2ccc(CI)cn2)C(=O)N1. The highest BCUT2D eigenvalue weighted by Crippen LogP contribution is 2.13. The number of alkyl halides is 1. The fraction of sp³-hybridized carbons (Fsp3) is 0.364. The number of hydrogen-bond donors (Lipinski definition) is 2. The molecule has 0 aromatic carbocycles. The number of pyridine rings is 1. The fourth-order valence-electron chi connectivity index (χ4n) is 1.60. The first-order valence-electron chi connectivity index (χ1n) is 5.30. The molecule has 90 valence electrons. The van der Waals surface area contributed by atoms with Crippen molar-refractivity contribution in [3.8, 4) is 0 Å². The van der Waals surface area contributed by atoms with E-state index in [2.05, 4.69) is 38.2 Å². The molecule has 1 aliphatic rings. The van der Waals surface area contributed by atoms with Crippen LogP contribution in [0.25, 0.3) is 0 Å². The molecule has 1 aromatic heterocycles. The van der Waals surface area contributed by atoms with Crippen LogP contribution in [0.5, 0.6) is 0 Å². The summed E-state index contributed by atoms with van der Waals surface area (Å²) in [6.45, 7) is 0. The molecular weight excluding hydrogens is 333 g/mol. The maximum absolute atomic E-state index is 11.5. The summed E-state index contributed by atoms with van der Waals surface area (Å²) < 4.78 is 0.906. The monoisotopic (exact) mass is 345 g/mol. The number of aromatic nitrogens is 1. The number of hydrogen-bond acceptors (Lipinski definition) is 4. The average Bonchev–Trinajstić information content (AvgIpc) is 2.34. The number of imide groups is 1. The molecule has 2 heterocycles. The maximum atomic E-state index is 11.5.